The van der Waals surface area contributed by atoms with E-state index in [9.17, 15) is 0 Å². The van der Waals surface area contributed by atoms with Gasteiger partial charge in [0, 0.05) is 11.4 Å². The Labute approximate surface area is 83.4 Å². The highest BCUT2D eigenvalue weighted by Crippen LogP contribution is 2.21. The summed E-state index contributed by atoms with van der Waals surface area (Å²) in [6.45, 7) is 2.06. The lowest BCUT2D eigenvalue weighted by Gasteiger charge is -2.16. The molecule has 0 atom stereocenters. The van der Waals surface area contributed by atoms with Crippen LogP contribution in [0.3, 0.4) is 0 Å². The summed E-state index contributed by atoms with van der Waals surface area (Å²) in [5.41, 5.74) is 3.72. The minimum absolute atomic E-state index is 0.425. The van der Waals surface area contributed by atoms with Gasteiger partial charge in [-0.1, -0.05) is 0 Å². The zero-order valence-electron chi connectivity index (χ0n) is 7.81. The van der Waals surface area contributed by atoms with E-state index in [4.69, 9.17) is 11.6 Å². The van der Waals surface area contributed by atoms with Gasteiger partial charge in [0.15, 0.2) is 0 Å². The molecule has 0 bridgehead atoms. The van der Waals surface area contributed by atoms with Gasteiger partial charge in [0.2, 0.25) is 0 Å². The molecule has 0 amide bonds. The molecule has 0 saturated carbocycles. The molecule has 1 aliphatic rings. The van der Waals surface area contributed by atoms with Crippen LogP contribution < -0.4 is 0 Å². The minimum Gasteiger partial charge on any atom is -0.237 e. The molecule has 0 unspecified atom stereocenters. The molecule has 1 aliphatic carbocycles. The third kappa shape index (κ3) is 1.68. The van der Waals surface area contributed by atoms with E-state index < -0.39 is 0 Å². The molecule has 2 rings (SSSR count). The fourth-order valence-corrected chi connectivity index (χ4v) is 2.02. The van der Waals surface area contributed by atoms with Gasteiger partial charge in [-0.3, -0.25) is 0 Å². The molecule has 3 heteroatoms. The van der Waals surface area contributed by atoms with Crippen LogP contribution in [0.2, 0.25) is 0 Å². The summed E-state index contributed by atoms with van der Waals surface area (Å²) in [7, 11) is 0. The quantitative estimate of drug-likeness (QED) is 0.645. The summed E-state index contributed by atoms with van der Waals surface area (Å²) in [4.78, 5) is 8.81. The van der Waals surface area contributed by atoms with E-state index in [0.717, 1.165) is 24.4 Å². The van der Waals surface area contributed by atoms with E-state index in [1.165, 1.54) is 24.1 Å². The van der Waals surface area contributed by atoms with Crippen molar-refractivity contribution in [3.63, 3.8) is 0 Å². The van der Waals surface area contributed by atoms with Gasteiger partial charge in [-0.2, -0.15) is 0 Å². The van der Waals surface area contributed by atoms with Crippen molar-refractivity contribution in [1.29, 1.82) is 0 Å². The number of aromatic nitrogens is 2. The van der Waals surface area contributed by atoms with Crippen LogP contribution >= 0.6 is 11.6 Å². The Morgan fingerprint density at radius 3 is 2.77 bits per heavy atom. The second-order valence-electron chi connectivity index (χ2n) is 3.49. The maximum atomic E-state index is 5.72. The molecule has 0 radical (unpaired) electrons. The zero-order valence-corrected chi connectivity index (χ0v) is 8.56. The minimum atomic E-state index is 0.425. The number of hydrogen-bond acceptors (Lipinski definition) is 2. The first kappa shape index (κ1) is 8.95. The highest BCUT2D eigenvalue weighted by atomic mass is 35.5. The third-order valence-corrected chi connectivity index (χ3v) is 2.79. The molecule has 1 aromatic heterocycles. The first-order valence-corrected chi connectivity index (χ1v) is 5.26. The Morgan fingerprint density at radius 1 is 1.23 bits per heavy atom. The van der Waals surface area contributed by atoms with Crippen LogP contribution in [0.5, 0.6) is 0 Å². The van der Waals surface area contributed by atoms with Crippen molar-refractivity contribution in [1.82, 2.24) is 9.97 Å². The fraction of sp³-hybridized carbons (Fsp3) is 0.600. The van der Waals surface area contributed by atoms with E-state index in [-0.39, 0.29) is 0 Å². The lowest BCUT2D eigenvalue weighted by Crippen LogP contribution is -2.11. The average molecular weight is 197 g/mol. The van der Waals surface area contributed by atoms with Crippen molar-refractivity contribution >= 4 is 11.6 Å². The van der Waals surface area contributed by atoms with Crippen molar-refractivity contribution < 1.29 is 0 Å². The van der Waals surface area contributed by atoms with Gasteiger partial charge in [0.1, 0.15) is 5.82 Å². The van der Waals surface area contributed by atoms with Crippen LogP contribution in [-0.4, -0.2) is 9.97 Å². The summed E-state index contributed by atoms with van der Waals surface area (Å²) in [6, 6.07) is 0. The van der Waals surface area contributed by atoms with Crippen molar-refractivity contribution in [2.24, 2.45) is 0 Å². The Kier molecular flexibility index (Phi) is 2.49. The molecule has 0 fully saturated rings. The Hall–Kier alpha value is -0.630. The van der Waals surface area contributed by atoms with Crippen LogP contribution in [0.4, 0.5) is 0 Å². The van der Waals surface area contributed by atoms with Crippen LogP contribution in [0.25, 0.3) is 0 Å². The van der Waals surface area contributed by atoms with Gasteiger partial charge in [-0.15, -0.1) is 11.6 Å². The molecule has 0 spiro atoms. The standard InChI is InChI=1S/C10H13ClN2/c1-7-8-4-2-3-5-9(8)13-10(6-11)12-7/h2-6H2,1H3. The third-order valence-electron chi connectivity index (χ3n) is 2.56. The molecular weight excluding hydrogens is 184 g/mol. The van der Waals surface area contributed by atoms with Crippen LogP contribution in [0.15, 0.2) is 0 Å². The number of rotatable bonds is 1. The normalized spacial score (nSPS) is 15.5. The maximum absolute atomic E-state index is 5.72. The van der Waals surface area contributed by atoms with Gasteiger partial charge >= 0.3 is 0 Å². The van der Waals surface area contributed by atoms with Gasteiger partial charge < -0.3 is 0 Å². The number of aryl methyl sites for hydroxylation is 2. The fourth-order valence-electron chi connectivity index (χ4n) is 1.90. The van der Waals surface area contributed by atoms with E-state index >= 15 is 0 Å². The highest BCUT2D eigenvalue weighted by molar-refractivity contribution is 6.16. The van der Waals surface area contributed by atoms with E-state index in [0.29, 0.717) is 5.88 Å². The number of nitrogens with zero attached hydrogens (tertiary/aromatic N) is 2. The smallest absolute Gasteiger partial charge is 0.143 e. The maximum Gasteiger partial charge on any atom is 0.143 e. The lowest BCUT2D eigenvalue weighted by atomic mass is 9.95. The first-order chi connectivity index (χ1) is 6.31. The van der Waals surface area contributed by atoms with Crippen molar-refractivity contribution in [3.8, 4) is 0 Å². The molecule has 2 nitrogen and oxygen atoms in total. The van der Waals surface area contributed by atoms with Gasteiger partial charge in [0.05, 0.1) is 5.88 Å². The summed E-state index contributed by atoms with van der Waals surface area (Å²) in [5.74, 6) is 1.20. The topological polar surface area (TPSA) is 25.8 Å². The van der Waals surface area contributed by atoms with E-state index in [2.05, 4.69) is 16.9 Å². The SMILES string of the molecule is Cc1nc(CCl)nc2c1CCCC2. The van der Waals surface area contributed by atoms with Crippen molar-refractivity contribution in [3.05, 3.63) is 22.8 Å². The number of halogens is 1. The van der Waals surface area contributed by atoms with Crippen LogP contribution in [0, 0.1) is 6.92 Å². The second kappa shape index (κ2) is 3.62. The van der Waals surface area contributed by atoms with Crippen molar-refractivity contribution in [2.45, 2.75) is 38.5 Å². The number of fused-ring (bicyclic) bond motifs is 1. The van der Waals surface area contributed by atoms with E-state index in [1.54, 1.807) is 0 Å². The Bertz CT molecular complexity index is 323. The van der Waals surface area contributed by atoms with Crippen LogP contribution in [0.1, 0.15) is 35.6 Å². The summed E-state index contributed by atoms with van der Waals surface area (Å²) >= 11 is 5.72. The molecular formula is C10H13ClN2. The van der Waals surface area contributed by atoms with Crippen LogP contribution in [-0.2, 0) is 18.7 Å². The second-order valence-corrected chi connectivity index (χ2v) is 3.76. The van der Waals surface area contributed by atoms with Gasteiger partial charge in [-0.05, 0) is 38.2 Å². The first-order valence-electron chi connectivity index (χ1n) is 4.72. The van der Waals surface area contributed by atoms with Gasteiger partial charge in [-0.25, -0.2) is 9.97 Å². The molecule has 0 N–H and O–H groups in total. The Morgan fingerprint density at radius 2 is 2.00 bits per heavy atom. The van der Waals surface area contributed by atoms with E-state index in [1.807, 2.05) is 0 Å². The summed E-state index contributed by atoms with van der Waals surface area (Å²) in [6.07, 6.45) is 4.77. The average Bonchev–Trinajstić information content (AvgIpc) is 2.18. The predicted octanol–water partition coefficient (Wildman–Crippen LogP) is 2.40. The van der Waals surface area contributed by atoms with Gasteiger partial charge in [0.25, 0.3) is 0 Å². The molecule has 1 aromatic rings. The van der Waals surface area contributed by atoms with Crippen molar-refractivity contribution in [2.75, 3.05) is 0 Å². The predicted molar refractivity (Wildman–Crippen MR) is 53.0 cm³/mol. The molecule has 13 heavy (non-hydrogen) atoms. The molecule has 0 aromatic carbocycles. The molecule has 1 heterocycles. The number of hydrogen-bond donors (Lipinski definition) is 0. The zero-order chi connectivity index (χ0) is 9.26. The monoisotopic (exact) mass is 196 g/mol. The molecule has 0 aliphatic heterocycles. The summed E-state index contributed by atoms with van der Waals surface area (Å²) in [5, 5.41) is 0. The Balaban J connectivity index is 2.47. The number of alkyl halides is 1. The lowest BCUT2D eigenvalue weighted by molar-refractivity contribution is 0.651. The summed E-state index contributed by atoms with van der Waals surface area (Å²) < 4.78 is 0. The molecule has 0 saturated heterocycles. The largest absolute Gasteiger partial charge is 0.237 e. The molecule has 70 valence electrons. The highest BCUT2D eigenvalue weighted by Gasteiger charge is 2.14.